The van der Waals surface area contributed by atoms with Gasteiger partial charge in [-0.3, -0.25) is 9.69 Å². The molecular formula is C17H19N5OS3. The fraction of sp³-hybridized carbons (Fsp3) is 0.294. The second kappa shape index (κ2) is 8.15. The maximum Gasteiger partial charge on any atom is 0.230 e. The van der Waals surface area contributed by atoms with Crippen LogP contribution in [-0.2, 0) is 10.5 Å². The van der Waals surface area contributed by atoms with Crippen LogP contribution < -0.4 is 10.2 Å². The van der Waals surface area contributed by atoms with E-state index in [-0.39, 0.29) is 5.91 Å². The molecule has 2 aromatic heterocycles. The summed E-state index contributed by atoms with van der Waals surface area (Å²) in [4.78, 5) is 18.5. The average molecular weight is 406 g/mol. The molecule has 0 spiro atoms. The third-order valence-corrected chi connectivity index (χ3v) is 6.74. The van der Waals surface area contributed by atoms with E-state index in [2.05, 4.69) is 27.4 Å². The van der Waals surface area contributed by atoms with Crippen molar-refractivity contribution in [3.63, 3.8) is 0 Å². The number of carbonyl (C=O) groups excluding carboxylic acids is 1. The molecule has 0 radical (unpaired) electrons. The molecule has 0 aliphatic carbocycles. The van der Waals surface area contributed by atoms with Crippen molar-refractivity contribution >= 4 is 56.3 Å². The molecule has 0 saturated heterocycles. The lowest BCUT2D eigenvalue weighted by molar-refractivity contribution is -0.115. The molecule has 0 aliphatic heterocycles. The zero-order chi connectivity index (χ0) is 18.7. The van der Waals surface area contributed by atoms with E-state index in [1.165, 1.54) is 28.2 Å². The van der Waals surface area contributed by atoms with E-state index in [0.29, 0.717) is 10.9 Å². The molecule has 0 bridgehead atoms. The van der Waals surface area contributed by atoms with Gasteiger partial charge in [0.05, 0.1) is 11.4 Å². The molecule has 3 rings (SSSR count). The van der Waals surface area contributed by atoms with E-state index >= 15 is 0 Å². The topological polar surface area (TPSA) is 71.0 Å². The Bertz CT molecular complexity index is 921. The number of aryl methyl sites for hydroxylation is 2. The standard InChI is InChI=1S/C17H19N5OS3/c1-10-5-6-14(7-11(10)2)22(12(3)23)16-19-13(8-24-16)9-25-17-21-20-15(18-4)26-17/h5-8H,9H2,1-4H3,(H,18,20). The molecule has 1 aromatic carbocycles. The Balaban J connectivity index is 1.76. The van der Waals surface area contributed by atoms with Gasteiger partial charge in [-0.25, -0.2) is 4.98 Å². The number of carbonyl (C=O) groups is 1. The maximum atomic E-state index is 12.2. The second-order valence-corrected chi connectivity index (χ2v) is 8.69. The minimum absolute atomic E-state index is 0.0513. The Morgan fingerprint density at radius 1 is 1.27 bits per heavy atom. The highest BCUT2D eigenvalue weighted by Crippen LogP contribution is 2.33. The first-order chi connectivity index (χ1) is 12.5. The van der Waals surface area contributed by atoms with Crippen LogP contribution in [0.5, 0.6) is 0 Å². The predicted octanol–water partition coefficient (Wildman–Crippen LogP) is 4.63. The summed E-state index contributed by atoms with van der Waals surface area (Å²) in [5.41, 5.74) is 4.12. The summed E-state index contributed by atoms with van der Waals surface area (Å²) in [5.74, 6) is 0.637. The van der Waals surface area contributed by atoms with Gasteiger partial charge >= 0.3 is 0 Å². The van der Waals surface area contributed by atoms with E-state index in [4.69, 9.17) is 0 Å². The predicted molar refractivity (Wildman–Crippen MR) is 110 cm³/mol. The van der Waals surface area contributed by atoms with Crippen LogP contribution >= 0.6 is 34.4 Å². The van der Waals surface area contributed by atoms with Gasteiger partial charge in [-0.1, -0.05) is 29.2 Å². The Morgan fingerprint density at radius 3 is 2.73 bits per heavy atom. The molecule has 0 unspecified atom stereocenters. The summed E-state index contributed by atoms with van der Waals surface area (Å²) in [7, 11) is 1.82. The summed E-state index contributed by atoms with van der Waals surface area (Å²) in [6.45, 7) is 5.66. The van der Waals surface area contributed by atoms with Crippen LogP contribution in [0.1, 0.15) is 23.7 Å². The van der Waals surface area contributed by atoms with Crippen molar-refractivity contribution in [1.82, 2.24) is 15.2 Å². The second-order valence-electron chi connectivity index (χ2n) is 5.66. The highest BCUT2D eigenvalue weighted by molar-refractivity contribution is 8.00. The Kier molecular flexibility index (Phi) is 5.90. The van der Waals surface area contributed by atoms with Crippen LogP contribution in [0.2, 0.25) is 0 Å². The number of hydrogen-bond donors (Lipinski definition) is 1. The summed E-state index contributed by atoms with van der Waals surface area (Å²) < 4.78 is 0.890. The molecule has 3 aromatic rings. The molecule has 0 fully saturated rings. The summed E-state index contributed by atoms with van der Waals surface area (Å²) >= 11 is 4.57. The highest BCUT2D eigenvalue weighted by Gasteiger charge is 2.18. The minimum atomic E-state index is -0.0513. The van der Waals surface area contributed by atoms with Gasteiger partial charge in [0.1, 0.15) is 0 Å². The minimum Gasteiger partial charge on any atom is -0.363 e. The lowest BCUT2D eigenvalue weighted by Crippen LogP contribution is -2.22. The van der Waals surface area contributed by atoms with Gasteiger partial charge in [0.2, 0.25) is 11.0 Å². The van der Waals surface area contributed by atoms with Crippen LogP contribution in [0, 0.1) is 13.8 Å². The third-order valence-electron chi connectivity index (χ3n) is 3.76. The van der Waals surface area contributed by atoms with Crippen molar-refractivity contribution in [3.05, 3.63) is 40.4 Å². The van der Waals surface area contributed by atoms with E-state index in [0.717, 1.165) is 26.4 Å². The number of hydrogen-bond acceptors (Lipinski definition) is 8. The third kappa shape index (κ3) is 4.22. The molecule has 0 aliphatic rings. The van der Waals surface area contributed by atoms with Gasteiger partial charge in [-0.2, -0.15) is 0 Å². The highest BCUT2D eigenvalue weighted by atomic mass is 32.2. The first-order valence-corrected chi connectivity index (χ1v) is 10.6. The van der Waals surface area contributed by atoms with E-state index in [1.807, 2.05) is 37.6 Å². The number of anilines is 3. The van der Waals surface area contributed by atoms with Crippen LogP contribution in [0.15, 0.2) is 27.9 Å². The molecule has 9 heteroatoms. The fourth-order valence-electron chi connectivity index (χ4n) is 2.26. The molecule has 6 nitrogen and oxygen atoms in total. The van der Waals surface area contributed by atoms with Crippen molar-refractivity contribution < 1.29 is 4.79 Å². The quantitative estimate of drug-likeness (QED) is 0.603. The van der Waals surface area contributed by atoms with Crippen LogP contribution in [0.4, 0.5) is 16.0 Å². The molecule has 0 saturated carbocycles. The number of aromatic nitrogens is 3. The van der Waals surface area contributed by atoms with Gasteiger partial charge < -0.3 is 5.32 Å². The SMILES string of the molecule is CNc1nnc(SCc2csc(N(C(C)=O)c3ccc(C)c(C)c3)n2)s1. The maximum absolute atomic E-state index is 12.2. The summed E-state index contributed by atoms with van der Waals surface area (Å²) in [5, 5.41) is 14.6. The molecule has 0 atom stereocenters. The molecule has 2 heterocycles. The van der Waals surface area contributed by atoms with Crippen LogP contribution in [0.3, 0.4) is 0 Å². The Hall–Kier alpha value is -1.97. The largest absolute Gasteiger partial charge is 0.363 e. The van der Waals surface area contributed by atoms with Crippen molar-refractivity contribution in [2.75, 3.05) is 17.3 Å². The number of thioether (sulfide) groups is 1. The van der Waals surface area contributed by atoms with E-state index in [1.54, 1.807) is 23.6 Å². The van der Waals surface area contributed by atoms with Crippen molar-refractivity contribution in [3.8, 4) is 0 Å². The Morgan fingerprint density at radius 2 is 2.08 bits per heavy atom. The van der Waals surface area contributed by atoms with E-state index in [9.17, 15) is 4.79 Å². The number of benzene rings is 1. The van der Waals surface area contributed by atoms with Crippen molar-refractivity contribution in [1.29, 1.82) is 0 Å². The number of nitrogens with zero attached hydrogens (tertiary/aromatic N) is 4. The number of nitrogens with one attached hydrogen (secondary N) is 1. The Labute approximate surface area is 164 Å². The lowest BCUT2D eigenvalue weighted by atomic mass is 10.1. The number of rotatable bonds is 6. The van der Waals surface area contributed by atoms with Crippen molar-refractivity contribution in [2.45, 2.75) is 30.9 Å². The summed E-state index contributed by atoms with van der Waals surface area (Å²) in [6, 6.07) is 6.01. The molecule has 136 valence electrons. The number of amides is 1. The smallest absolute Gasteiger partial charge is 0.230 e. The average Bonchev–Trinajstić information content (AvgIpc) is 3.25. The summed E-state index contributed by atoms with van der Waals surface area (Å²) in [6.07, 6.45) is 0. The zero-order valence-electron chi connectivity index (χ0n) is 14.9. The lowest BCUT2D eigenvalue weighted by Gasteiger charge is -2.19. The van der Waals surface area contributed by atoms with Gasteiger partial charge in [0.15, 0.2) is 9.47 Å². The van der Waals surface area contributed by atoms with Gasteiger partial charge in [-0.05, 0) is 37.1 Å². The molecule has 26 heavy (non-hydrogen) atoms. The number of thiazole rings is 1. The normalized spacial score (nSPS) is 10.8. The van der Waals surface area contributed by atoms with Crippen molar-refractivity contribution in [2.24, 2.45) is 0 Å². The fourth-order valence-corrected chi connectivity index (χ4v) is 4.85. The first kappa shape index (κ1) is 18.8. The molecule has 1 N–H and O–H groups in total. The van der Waals surface area contributed by atoms with Crippen LogP contribution in [0.25, 0.3) is 0 Å². The van der Waals surface area contributed by atoms with Gasteiger partial charge in [0.25, 0.3) is 0 Å². The zero-order valence-corrected chi connectivity index (χ0v) is 17.4. The van der Waals surface area contributed by atoms with Crippen LogP contribution in [-0.4, -0.2) is 28.1 Å². The molecular weight excluding hydrogens is 386 g/mol. The first-order valence-electron chi connectivity index (χ1n) is 7.94. The van der Waals surface area contributed by atoms with E-state index < -0.39 is 0 Å². The van der Waals surface area contributed by atoms with Gasteiger partial charge in [-0.15, -0.1) is 21.5 Å². The monoisotopic (exact) mass is 405 g/mol. The van der Waals surface area contributed by atoms with Gasteiger partial charge in [0, 0.05) is 25.1 Å². The molecule has 1 amide bonds.